The van der Waals surface area contributed by atoms with Crippen LogP contribution in [0.1, 0.15) is 65.1 Å². The summed E-state index contributed by atoms with van der Waals surface area (Å²) in [5.74, 6) is 0.0246. The monoisotopic (exact) mass is 429 g/mol. The average molecular weight is 430 g/mol. The van der Waals surface area contributed by atoms with E-state index in [2.05, 4.69) is 22.4 Å². The molecule has 30 heavy (non-hydrogen) atoms. The predicted octanol–water partition coefficient (Wildman–Crippen LogP) is 5.19. The van der Waals surface area contributed by atoms with Crippen molar-refractivity contribution in [2.24, 2.45) is 5.41 Å². The van der Waals surface area contributed by atoms with Gasteiger partial charge in [-0.3, -0.25) is 9.59 Å². The number of hydrogen-bond acceptors (Lipinski definition) is 4. The van der Waals surface area contributed by atoms with Gasteiger partial charge in [-0.2, -0.15) is 0 Å². The Bertz CT molecular complexity index is 837. The van der Waals surface area contributed by atoms with Gasteiger partial charge in [0.15, 0.2) is 0 Å². The molecule has 1 aliphatic heterocycles. The standard InChI is InChI=1S/C22H29N3O2S.C2H6/c1-15-20(28-14-24-15)17-9-7-16(8-10-17)13-23-21(27)18-6-5-11-25(18)19(26)12-22(2,3)4;1-2/h7-10,14,18H,5-6,11-13H2,1-4H3,(H,23,27);1-2H3. The van der Waals surface area contributed by atoms with E-state index in [9.17, 15) is 9.59 Å². The molecule has 0 bridgehead atoms. The number of rotatable bonds is 5. The molecule has 1 saturated heterocycles. The molecule has 2 amide bonds. The van der Waals surface area contributed by atoms with Gasteiger partial charge in [-0.25, -0.2) is 4.98 Å². The van der Waals surface area contributed by atoms with E-state index in [-0.39, 0.29) is 23.3 Å². The van der Waals surface area contributed by atoms with Crippen molar-refractivity contribution in [2.45, 2.75) is 73.4 Å². The van der Waals surface area contributed by atoms with Gasteiger partial charge in [0.2, 0.25) is 11.8 Å². The zero-order valence-electron chi connectivity index (χ0n) is 19.1. The van der Waals surface area contributed by atoms with Crippen LogP contribution >= 0.6 is 11.3 Å². The summed E-state index contributed by atoms with van der Waals surface area (Å²) in [5, 5.41) is 3.01. The topological polar surface area (TPSA) is 62.3 Å². The molecule has 3 rings (SSSR count). The number of hydrogen-bond donors (Lipinski definition) is 1. The van der Waals surface area contributed by atoms with Crippen molar-refractivity contribution in [3.05, 3.63) is 41.0 Å². The number of aromatic nitrogens is 1. The first-order valence-electron chi connectivity index (χ1n) is 10.8. The van der Waals surface area contributed by atoms with Crippen molar-refractivity contribution in [1.29, 1.82) is 0 Å². The minimum atomic E-state index is -0.339. The van der Waals surface area contributed by atoms with Crippen molar-refractivity contribution >= 4 is 23.2 Å². The molecular weight excluding hydrogens is 394 g/mol. The van der Waals surface area contributed by atoms with Gasteiger partial charge in [0.1, 0.15) is 6.04 Å². The molecule has 0 saturated carbocycles. The Labute approximate surface area is 184 Å². The van der Waals surface area contributed by atoms with Crippen molar-refractivity contribution in [2.75, 3.05) is 6.54 Å². The highest BCUT2D eigenvalue weighted by Gasteiger charge is 2.35. The first-order valence-corrected chi connectivity index (χ1v) is 11.7. The predicted molar refractivity (Wildman–Crippen MR) is 124 cm³/mol. The van der Waals surface area contributed by atoms with Crippen molar-refractivity contribution in [3.63, 3.8) is 0 Å². The summed E-state index contributed by atoms with van der Waals surface area (Å²) >= 11 is 1.63. The number of thiazole rings is 1. The molecule has 1 atom stereocenters. The van der Waals surface area contributed by atoms with E-state index in [1.54, 1.807) is 16.2 Å². The van der Waals surface area contributed by atoms with Crippen LogP contribution in [0.2, 0.25) is 0 Å². The molecule has 1 N–H and O–H groups in total. The molecule has 1 aromatic heterocycles. The third-order valence-electron chi connectivity index (χ3n) is 4.99. The van der Waals surface area contributed by atoms with Crippen LogP contribution in [0.15, 0.2) is 29.8 Å². The van der Waals surface area contributed by atoms with Crippen LogP contribution in [0.5, 0.6) is 0 Å². The van der Waals surface area contributed by atoms with Gasteiger partial charge in [0.25, 0.3) is 0 Å². The Morgan fingerprint density at radius 3 is 2.43 bits per heavy atom. The molecule has 0 aliphatic carbocycles. The number of aryl methyl sites for hydroxylation is 1. The molecule has 0 spiro atoms. The number of carbonyl (C=O) groups is 2. The SMILES string of the molecule is CC.Cc1ncsc1-c1ccc(CNC(=O)C2CCCN2C(=O)CC(C)(C)C)cc1. The lowest BCUT2D eigenvalue weighted by Gasteiger charge is -2.27. The lowest BCUT2D eigenvalue weighted by molar-refractivity contribution is -0.139. The fourth-order valence-corrected chi connectivity index (χ4v) is 4.36. The summed E-state index contributed by atoms with van der Waals surface area (Å²) in [6.07, 6.45) is 2.09. The average Bonchev–Trinajstić information content (AvgIpc) is 3.36. The lowest BCUT2D eigenvalue weighted by Crippen LogP contribution is -2.46. The number of amides is 2. The molecule has 1 unspecified atom stereocenters. The first kappa shape index (κ1) is 24.1. The Kier molecular flexibility index (Phi) is 8.59. The quantitative estimate of drug-likeness (QED) is 0.711. The van der Waals surface area contributed by atoms with E-state index in [0.29, 0.717) is 19.5 Å². The van der Waals surface area contributed by atoms with Crippen LogP contribution in [0.3, 0.4) is 0 Å². The minimum absolute atomic E-state index is 0.0536. The summed E-state index contributed by atoms with van der Waals surface area (Å²) in [5.41, 5.74) is 5.01. The Morgan fingerprint density at radius 1 is 1.20 bits per heavy atom. The van der Waals surface area contributed by atoms with E-state index in [0.717, 1.165) is 29.7 Å². The molecule has 164 valence electrons. The van der Waals surface area contributed by atoms with Gasteiger partial charge >= 0.3 is 0 Å². The Hall–Kier alpha value is -2.21. The van der Waals surface area contributed by atoms with Gasteiger partial charge < -0.3 is 10.2 Å². The second kappa shape index (κ2) is 10.7. The fourth-order valence-electron chi connectivity index (χ4n) is 3.55. The number of likely N-dealkylation sites (tertiary alicyclic amines) is 1. The van der Waals surface area contributed by atoms with E-state index in [1.165, 1.54) is 4.88 Å². The normalized spacial score (nSPS) is 16.1. The van der Waals surface area contributed by atoms with Crippen LogP contribution in [0.25, 0.3) is 10.4 Å². The number of nitrogens with one attached hydrogen (secondary N) is 1. The summed E-state index contributed by atoms with van der Waals surface area (Å²) < 4.78 is 0. The molecule has 2 heterocycles. The highest BCUT2D eigenvalue weighted by molar-refractivity contribution is 7.13. The fraction of sp³-hybridized carbons (Fsp3) is 0.542. The molecule has 0 radical (unpaired) electrons. The van der Waals surface area contributed by atoms with Crippen LogP contribution < -0.4 is 5.32 Å². The van der Waals surface area contributed by atoms with Gasteiger partial charge in [-0.1, -0.05) is 58.9 Å². The van der Waals surface area contributed by atoms with Gasteiger partial charge in [-0.05, 0) is 36.3 Å². The molecule has 6 heteroatoms. The van der Waals surface area contributed by atoms with Gasteiger partial charge in [0.05, 0.1) is 16.1 Å². The number of nitrogens with zero attached hydrogens (tertiary/aromatic N) is 2. The molecule has 1 aromatic carbocycles. The molecular formula is C24H35N3O2S. The second-order valence-electron chi connectivity index (χ2n) is 8.66. The summed E-state index contributed by atoms with van der Waals surface area (Å²) in [7, 11) is 0. The summed E-state index contributed by atoms with van der Waals surface area (Å²) in [6, 6.07) is 7.86. The highest BCUT2D eigenvalue weighted by Crippen LogP contribution is 2.27. The summed E-state index contributed by atoms with van der Waals surface area (Å²) in [6.45, 7) is 13.3. The zero-order valence-corrected chi connectivity index (χ0v) is 19.9. The molecule has 1 fully saturated rings. The molecule has 5 nitrogen and oxygen atoms in total. The Morgan fingerprint density at radius 2 is 1.87 bits per heavy atom. The van der Waals surface area contributed by atoms with Crippen LogP contribution in [0.4, 0.5) is 0 Å². The number of benzene rings is 1. The maximum atomic E-state index is 12.7. The number of carbonyl (C=O) groups excluding carboxylic acids is 2. The largest absolute Gasteiger partial charge is 0.350 e. The maximum absolute atomic E-state index is 12.7. The lowest BCUT2D eigenvalue weighted by atomic mass is 9.91. The van der Waals surface area contributed by atoms with E-state index in [4.69, 9.17) is 0 Å². The van der Waals surface area contributed by atoms with Gasteiger partial charge in [0, 0.05) is 19.5 Å². The second-order valence-corrected chi connectivity index (χ2v) is 9.52. The van der Waals surface area contributed by atoms with Crippen molar-refractivity contribution in [1.82, 2.24) is 15.2 Å². The van der Waals surface area contributed by atoms with Gasteiger partial charge in [-0.15, -0.1) is 11.3 Å². The molecule has 1 aliphatic rings. The smallest absolute Gasteiger partial charge is 0.243 e. The third kappa shape index (κ3) is 6.39. The minimum Gasteiger partial charge on any atom is -0.350 e. The van der Waals surface area contributed by atoms with E-state index in [1.807, 2.05) is 59.2 Å². The highest BCUT2D eigenvalue weighted by atomic mass is 32.1. The van der Waals surface area contributed by atoms with Crippen molar-refractivity contribution < 1.29 is 9.59 Å². The zero-order chi connectivity index (χ0) is 22.3. The van der Waals surface area contributed by atoms with E-state index < -0.39 is 0 Å². The van der Waals surface area contributed by atoms with Crippen LogP contribution in [0, 0.1) is 12.3 Å². The first-order chi connectivity index (χ1) is 14.2. The van der Waals surface area contributed by atoms with Crippen molar-refractivity contribution in [3.8, 4) is 10.4 Å². The Balaban J connectivity index is 0.00000155. The van der Waals surface area contributed by atoms with E-state index >= 15 is 0 Å². The van der Waals surface area contributed by atoms with Crippen LogP contribution in [-0.4, -0.2) is 34.3 Å². The summed E-state index contributed by atoms with van der Waals surface area (Å²) in [4.78, 5) is 32.5. The van der Waals surface area contributed by atoms with Crippen LogP contribution in [-0.2, 0) is 16.1 Å². The third-order valence-corrected chi connectivity index (χ3v) is 5.96. The molecule has 2 aromatic rings. The maximum Gasteiger partial charge on any atom is 0.243 e.